The van der Waals surface area contributed by atoms with Crippen LogP contribution in [0.25, 0.3) is 0 Å². The normalized spacial score (nSPS) is 10.2. The van der Waals surface area contributed by atoms with Gasteiger partial charge in [-0.2, -0.15) is 0 Å². The highest BCUT2D eigenvalue weighted by atomic mass is 16.5. The van der Waals surface area contributed by atoms with Crippen molar-refractivity contribution in [1.82, 2.24) is 9.97 Å². The first-order chi connectivity index (χ1) is 13.6. The fraction of sp³-hybridized carbons (Fsp3) is 0.190. The Balaban J connectivity index is 1.67. The largest absolute Gasteiger partial charge is 0.493 e. The number of methoxy groups -OCH3 is 2. The lowest BCUT2D eigenvalue weighted by Crippen LogP contribution is -2.15. The van der Waals surface area contributed by atoms with Crippen molar-refractivity contribution in [1.29, 1.82) is 0 Å². The van der Waals surface area contributed by atoms with E-state index in [0.717, 1.165) is 16.8 Å². The van der Waals surface area contributed by atoms with E-state index in [1.165, 1.54) is 0 Å². The van der Waals surface area contributed by atoms with Gasteiger partial charge in [-0.1, -0.05) is 18.2 Å². The first kappa shape index (κ1) is 19.2. The smallest absolute Gasteiger partial charge is 0.274 e. The Bertz CT molecular complexity index is 975. The summed E-state index contributed by atoms with van der Waals surface area (Å²) in [6, 6.07) is 14.8. The lowest BCUT2D eigenvalue weighted by molar-refractivity contribution is 0.102. The van der Waals surface area contributed by atoms with Crippen LogP contribution in [0.4, 0.5) is 11.6 Å². The molecule has 0 atom stereocenters. The minimum Gasteiger partial charge on any atom is -0.493 e. The number of hydrogen-bond donors (Lipinski definition) is 2. The summed E-state index contributed by atoms with van der Waals surface area (Å²) < 4.78 is 10.5. The molecule has 3 aromatic rings. The molecule has 7 heteroatoms. The maximum absolute atomic E-state index is 12.4. The van der Waals surface area contributed by atoms with Crippen molar-refractivity contribution in [3.05, 3.63) is 71.5 Å². The molecule has 0 saturated heterocycles. The molecule has 3 rings (SSSR count). The fourth-order valence-corrected chi connectivity index (χ4v) is 2.66. The van der Waals surface area contributed by atoms with Crippen molar-refractivity contribution in [3.63, 3.8) is 0 Å². The molecule has 0 bridgehead atoms. The monoisotopic (exact) mass is 378 g/mol. The zero-order valence-corrected chi connectivity index (χ0v) is 16.0. The van der Waals surface area contributed by atoms with Gasteiger partial charge in [0.15, 0.2) is 11.5 Å². The molecule has 1 heterocycles. The number of anilines is 2. The Hall–Kier alpha value is -3.61. The van der Waals surface area contributed by atoms with Crippen molar-refractivity contribution < 1.29 is 14.3 Å². The molecular formula is C21H22N4O3. The Morgan fingerprint density at radius 1 is 1.04 bits per heavy atom. The van der Waals surface area contributed by atoms with Crippen molar-refractivity contribution in [3.8, 4) is 11.5 Å². The van der Waals surface area contributed by atoms with Crippen LogP contribution in [0.15, 0.2) is 54.7 Å². The summed E-state index contributed by atoms with van der Waals surface area (Å²) in [7, 11) is 3.19. The summed E-state index contributed by atoms with van der Waals surface area (Å²) in [5, 5.41) is 5.96. The van der Waals surface area contributed by atoms with Crippen LogP contribution in [0, 0.1) is 6.92 Å². The third kappa shape index (κ3) is 4.76. The zero-order chi connectivity index (χ0) is 19.9. The van der Waals surface area contributed by atoms with E-state index in [2.05, 4.69) is 20.6 Å². The number of hydrogen-bond acceptors (Lipinski definition) is 6. The van der Waals surface area contributed by atoms with Crippen LogP contribution in [0.2, 0.25) is 0 Å². The van der Waals surface area contributed by atoms with Gasteiger partial charge in [-0.3, -0.25) is 4.79 Å². The first-order valence-electron chi connectivity index (χ1n) is 8.75. The predicted octanol–water partition coefficient (Wildman–Crippen LogP) is 3.67. The number of aromatic nitrogens is 2. The summed E-state index contributed by atoms with van der Waals surface area (Å²) in [4.78, 5) is 20.9. The van der Waals surface area contributed by atoms with E-state index in [4.69, 9.17) is 9.47 Å². The number of amides is 1. The van der Waals surface area contributed by atoms with E-state index in [-0.39, 0.29) is 11.6 Å². The van der Waals surface area contributed by atoms with E-state index in [0.29, 0.717) is 24.0 Å². The molecule has 1 aromatic heterocycles. The average molecular weight is 378 g/mol. The van der Waals surface area contributed by atoms with Gasteiger partial charge in [-0.25, -0.2) is 9.97 Å². The van der Waals surface area contributed by atoms with Crippen LogP contribution in [0.3, 0.4) is 0 Å². The molecule has 0 aliphatic rings. The second-order valence-corrected chi connectivity index (χ2v) is 6.13. The molecular weight excluding hydrogens is 356 g/mol. The Kier molecular flexibility index (Phi) is 6.06. The quantitative estimate of drug-likeness (QED) is 0.653. The number of benzene rings is 2. The molecule has 0 unspecified atom stereocenters. The van der Waals surface area contributed by atoms with Gasteiger partial charge >= 0.3 is 0 Å². The van der Waals surface area contributed by atoms with Gasteiger partial charge in [0.05, 0.1) is 14.2 Å². The Labute approximate surface area is 163 Å². The van der Waals surface area contributed by atoms with Gasteiger partial charge < -0.3 is 20.1 Å². The van der Waals surface area contributed by atoms with Crippen LogP contribution in [0.1, 0.15) is 21.6 Å². The van der Waals surface area contributed by atoms with Crippen LogP contribution < -0.4 is 20.1 Å². The number of nitrogens with zero attached hydrogens (tertiary/aromatic N) is 2. The number of nitrogens with one attached hydrogen (secondary N) is 2. The summed E-state index contributed by atoms with van der Waals surface area (Å²) >= 11 is 0. The maximum atomic E-state index is 12.4. The Morgan fingerprint density at radius 2 is 1.86 bits per heavy atom. The van der Waals surface area contributed by atoms with E-state index in [1.807, 2.05) is 49.4 Å². The third-order valence-corrected chi connectivity index (χ3v) is 4.06. The fourth-order valence-electron chi connectivity index (χ4n) is 2.66. The van der Waals surface area contributed by atoms with Gasteiger partial charge in [0.1, 0.15) is 5.69 Å². The van der Waals surface area contributed by atoms with Gasteiger partial charge in [0.25, 0.3) is 5.91 Å². The molecule has 0 aliphatic heterocycles. The van der Waals surface area contributed by atoms with Crippen molar-refractivity contribution in [2.75, 3.05) is 24.9 Å². The predicted molar refractivity (Wildman–Crippen MR) is 108 cm³/mol. The van der Waals surface area contributed by atoms with E-state index in [9.17, 15) is 4.79 Å². The second kappa shape index (κ2) is 8.85. The number of rotatable bonds is 7. The van der Waals surface area contributed by atoms with Gasteiger partial charge in [0.2, 0.25) is 5.95 Å². The molecule has 0 aliphatic carbocycles. The van der Waals surface area contributed by atoms with Crippen molar-refractivity contribution >= 4 is 17.5 Å². The molecule has 0 fully saturated rings. The maximum Gasteiger partial charge on any atom is 0.274 e. The minimum atomic E-state index is -0.290. The lowest BCUT2D eigenvalue weighted by atomic mass is 10.2. The van der Waals surface area contributed by atoms with Crippen LogP contribution in [-0.4, -0.2) is 30.1 Å². The molecule has 2 aromatic carbocycles. The molecule has 28 heavy (non-hydrogen) atoms. The van der Waals surface area contributed by atoms with E-state index < -0.39 is 0 Å². The van der Waals surface area contributed by atoms with Gasteiger partial charge in [0, 0.05) is 18.4 Å². The third-order valence-electron chi connectivity index (χ3n) is 4.06. The molecule has 0 saturated carbocycles. The summed E-state index contributed by atoms with van der Waals surface area (Å²) in [6.07, 6.45) is 1.55. The van der Waals surface area contributed by atoms with Crippen LogP contribution >= 0.6 is 0 Å². The van der Waals surface area contributed by atoms with Gasteiger partial charge in [-0.05, 0) is 48.4 Å². The highest BCUT2D eigenvalue weighted by Gasteiger charge is 2.10. The van der Waals surface area contributed by atoms with Crippen LogP contribution in [-0.2, 0) is 6.54 Å². The van der Waals surface area contributed by atoms with E-state index in [1.54, 1.807) is 26.5 Å². The average Bonchev–Trinajstić information content (AvgIpc) is 2.72. The lowest BCUT2D eigenvalue weighted by Gasteiger charge is -2.11. The second-order valence-electron chi connectivity index (χ2n) is 6.13. The number of carbonyl (C=O) groups is 1. The molecule has 0 spiro atoms. The Morgan fingerprint density at radius 3 is 2.61 bits per heavy atom. The molecule has 7 nitrogen and oxygen atoms in total. The topological polar surface area (TPSA) is 85.4 Å². The number of ether oxygens (including phenoxy) is 2. The van der Waals surface area contributed by atoms with Crippen molar-refractivity contribution in [2.45, 2.75) is 13.5 Å². The molecule has 144 valence electrons. The minimum absolute atomic E-state index is 0.284. The summed E-state index contributed by atoms with van der Waals surface area (Å²) in [5.41, 5.74) is 3.04. The SMILES string of the molecule is COc1ccc(CNc2nccc(C(=O)Nc3cccc(C)c3)n2)cc1OC. The summed E-state index contributed by atoms with van der Waals surface area (Å²) in [6.45, 7) is 2.44. The number of carbonyl (C=O) groups excluding carboxylic acids is 1. The number of aryl methyl sites for hydroxylation is 1. The molecule has 1 amide bonds. The highest BCUT2D eigenvalue weighted by molar-refractivity contribution is 6.03. The van der Waals surface area contributed by atoms with Crippen LogP contribution in [0.5, 0.6) is 11.5 Å². The zero-order valence-electron chi connectivity index (χ0n) is 16.0. The highest BCUT2D eigenvalue weighted by Crippen LogP contribution is 2.27. The van der Waals surface area contributed by atoms with E-state index >= 15 is 0 Å². The molecule has 0 radical (unpaired) electrons. The standard InChI is InChI=1S/C21H22N4O3/c1-14-5-4-6-16(11-14)24-20(26)17-9-10-22-21(25-17)23-13-15-7-8-18(27-2)19(12-15)28-3/h4-12H,13H2,1-3H3,(H,24,26)(H,22,23,25). The van der Waals surface area contributed by atoms with Crippen molar-refractivity contribution in [2.24, 2.45) is 0 Å². The first-order valence-corrected chi connectivity index (χ1v) is 8.75. The summed E-state index contributed by atoms with van der Waals surface area (Å²) in [5.74, 6) is 1.39. The van der Waals surface area contributed by atoms with Gasteiger partial charge in [-0.15, -0.1) is 0 Å². The molecule has 2 N–H and O–H groups in total.